The molecule has 0 aromatic carbocycles. The molecular weight excluding hydrogens is 156 g/mol. The summed E-state index contributed by atoms with van der Waals surface area (Å²) in [7, 11) is 0. The Balaban J connectivity index is 2.84. The van der Waals surface area contributed by atoms with Gasteiger partial charge in [0.1, 0.15) is 0 Å². The molecule has 1 heterocycles. The summed E-state index contributed by atoms with van der Waals surface area (Å²) in [5, 5.41) is 12.4. The molecule has 0 fully saturated rings. The van der Waals surface area contributed by atoms with Crippen LogP contribution in [0.5, 0.6) is 0 Å². The highest BCUT2D eigenvalue weighted by Crippen LogP contribution is 2.22. The number of nitrogens with zero attached hydrogens (tertiary/aromatic N) is 1. The molecule has 3 heteroatoms. The summed E-state index contributed by atoms with van der Waals surface area (Å²) in [5.41, 5.74) is 1.94. The smallest absolute Gasteiger partial charge is 0.0976 e. The maximum atomic E-state index is 8.80. The van der Waals surface area contributed by atoms with E-state index in [9.17, 15) is 0 Å². The fourth-order valence-corrected chi connectivity index (χ4v) is 2.10. The minimum Gasteiger partial charge on any atom is -0.387 e. The quantitative estimate of drug-likeness (QED) is 0.595. The summed E-state index contributed by atoms with van der Waals surface area (Å²) in [6.45, 7) is 5.03. The van der Waals surface area contributed by atoms with Crippen LogP contribution < -0.4 is 5.32 Å². The molecule has 1 unspecified atom stereocenters. The van der Waals surface area contributed by atoms with E-state index in [1.807, 2.05) is 18.7 Å². The van der Waals surface area contributed by atoms with E-state index >= 15 is 0 Å². The third kappa shape index (κ3) is 1.90. The van der Waals surface area contributed by atoms with Crippen molar-refractivity contribution in [2.45, 2.75) is 19.1 Å². The molecule has 1 rings (SSSR count). The van der Waals surface area contributed by atoms with Crippen LogP contribution in [0, 0.1) is 11.3 Å². The molecule has 60 valence electrons. The van der Waals surface area contributed by atoms with Crippen molar-refractivity contribution in [2.24, 2.45) is 0 Å². The average molecular weight is 168 g/mol. The molecule has 1 aliphatic heterocycles. The molecule has 0 bridgehead atoms. The van der Waals surface area contributed by atoms with Gasteiger partial charge < -0.3 is 5.32 Å². The normalized spacial score (nSPS) is 25.4. The zero-order valence-electron chi connectivity index (χ0n) is 6.85. The van der Waals surface area contributed by atoms with E-state index in [1.54, 1.807) is 0 Å². The molecule has 11 heavy (non-hydrogen) atoms. The van der Waals surface area contributed by atoms with Crippen LogP contribution in [-0.2, 0) is 0 Å². The highest BCUT2D eigenvalue weighted by atomic mass is 32.2. The highest BCUT2D eigenvalue weighted by Gasteiger charge is 2.14. The molecule has 1 atom stereocenters. The Morgan fingerprint density at radius 1 is 1.73 bits per heavy atom. The lowest BCUT2D eigenvalue weighted by atomic mass is 10.2. The van der Waals surface area contributed by atoms with Gasteiger partial charge in [-0.25, -0.2) is 0 Å². The van der Waals surface area contributed by atoms with Crippen molar-refractivity contribution in [3.05, 3.63) is 11.3 Å². The van der Waals surface area contributed by atoms with Crippen molar-refractivity contribution in [3.63, 3.8) is 0 Å². The number of hydrogen-bond donors (Lipinski definition) is 1. The molecule has 0 spiro atoms. The zero-order valence-corrected chi connectivity index (χ0v) is 7.66. The maximum absolute atomic E-state index is 8.80. The van der Waals surface area contributed by atoms with Crippen LogP contribution in [0.2, 0.25) is 0 Å². The molecule has 0 radical (unpaired) electrons. The van der Waals surface area contributed by atoms with Crippen LogP contribution in [0.3, 0.4) is 0 Å². The van der Waals surface area contributed by atoms with Crippen LogP contribution >= 0.6 is 11.8 Å². The number of rotatable bonds is 0. The molecule has 1 N–H and O–H groups in total. The van der Waals surface area contributed by atoms with Crippen molar-refractivity contribution in [1.29, 1.82) is 5.26 Å². The van der Waals surface area contributed by atoms with Gasteiger partial charge in [0.15, 0.2) is 0 Å². The van der Waals surface area contributed by atoms with E-state index in [0.717, 1.165) is 23.6 Å². The first-order valence-corrected chi connectivity index (χ1v) is 4.77. The minimum atomic E-state index is 0.356. The first kappa shape index (κ1) is 8.48. The van der Waals surface area contributed by atoms with Crippen LogP contribution in [0.15, 0.2) is 11.3 Å². The van der Waals surface area contributed by atoms with Gasteiger partial charge in [-0.3, -0.25) is 0 Å². The largest absolute Gasteiger partial charge is 0.387 e. The Morgan fingerprint density at radius 2 is 2.45 bits per heavy atom. The van der Waals surface area contributed by atoms with Gasteiger partial charge in [-0.2, -0.15) is 17.0 Å². The van der Waals surface area contributed by atoms with E-state index in [0.29, 0.717) is 5.25 Å². The summed E-state index contributed by atoms with van der Waals surface area (Å²) in [4.78, 5) is 0. The van der Waals surface area contributed by atoms with Gasteiger partial charge >= 0.3 is 0 Å². The van der Waals surface area contributed by atoms with Crippen molar-refractivity contribution in [2.75, 3.05) is 12.3 Å². The first-order valence-electron chi connectivity index (χ1n) is 3.72. The molecular formula is C8H12N2S. The molecule has 0 saturated heterocycles. The molecule has 1 aliphatic rings. The van der Waals surface area contributed by atoms with Gasteiger partial charge in [0, 0.05) is 23.2 Å². The second-order valence-corrected chi connectivity index (χ2v) is 4.04. The third-order valence-electron chi connectivity index (χ3n) is 1.79. The second-order valence-electron chi connectivity index (χ2n) is 2.59. The molecule has 0 saturated carbocycles. The topological polar surface area (TPSA) is 35.8 Å². The molecule has 0 aromatic heterocycles. The van der Waals surface area contributed by atoms with Crippen LogP contribution in [-0.4, -0.2) is 17.5 Å². The zero-order chi connectivity index (χ0) is 8.27. The van der Waals surface area contributed by atoms with Gasteiger partial charge in [-0.05, 0) is 13.8 Å². The van der Waals surface area contributed by atoms with Gasteiger partial charge in [0.05, 0.1) is 11.6 Å². The number of allylic oxidation sites excluding steroid dienone is 1. The fourth-order valence-electron chi connectivity index (χ4n) is 1.13. The van der Waals surface area contributed by atoms with Crippen LogP contribution in [0.4, 0.5) is 0 Å². The van der Waals surface area contributed by atoms with Crippen molar-refractivity contribution >= 4 is 11.8 Å². The minimum absolute atomic E-state index is 0.356. The molecule has 2 nitrogen and oxygen atoms in total. The number of hydrogen-bond acceptors (Lipinski definition) is 3. The lowest BCUT2D eigenvalue weighted by Crippen LogP contribution is -2.13. The van der Waals surface area contributed by atoms with Gasteiger partial charge in [0.2, 0.25) is 0 Å². The van der Waals surface area contributed by atoms with E-state index in [1.165, 1.54) is 0 Å². The predicted molar refractivity (Wildman–Crippen MR) is 48.2 cm³/mol. The number of thioether (sulfide) groups is 1. The first-order chi connectivity index (χ1) is 5.25. The van der Waals surface area contributed by atoms with E-state index in [2.05, 4.69) is 18.3 Å². The van der Waals surface area contributed by atoms with Crippen molar-refractivity contribution in [3.8, 4) is 6.07 Å². The van der Waals surface area contributed by atoms with Gasteiger partial charge in [-0.15, -0.1) is 0 Å². The van der Waals surface area contributed by atoms with E-state index in [4.69, 9.17) is 5.26 Å². The monoisotopic (exact) mass is 168 g/mol. The summed E-state index contributed by atoms with van der Waals surface area (Å²) >= 11 is 1.83. The lowest BCUT2D eigenvalue weighted by molar-refractivity contribution is 0.856. The van der Waals surface area contributed by atoms with Gasteiger partial charge in [-0.1, -0.05) is 0 Å². The third-order valence-corrected chi connectivity index (χ3v) is 2.97. The van der Waals surface area contributed by atoms with Gasteiger partial charge in [0.25, 0.3) is 0 Å². The van der Waals surface area contributed by atoms with Crippen LogP contribution in [0.1, 0.15) is 13.8 Å². The highest BCUT2D eigenvalue weighted by molar-refractivity contribution is 8.00. The van der Waals surface area contributed by atoms with E-state index in [-0.39, 0.29) is 0 Å². The van der Waals surface area contributed by atoms with E-state index < -0.39 is 0 Å². The molecule has 0 aliphatic carbocycles. The summed E-state index contributed by atoms with van der Waals surface area (Å²) < 4.78 is 0. The lowest BCUT2D eigenvalue weighted by Gasteiger charge is -2.06. The molecule has 0 aromatic rings. The Morgan fingerprint density at radius 3 is 3.09 bits per heavy atom. The summed E-state index contributed by atoms with van der Waals surface area (Å²) in [6.07, 6.45) is 0. The predicted octanol–water partition coefficient (Wildman–Crippen LogP) is 1.51. The second kappa shape index (κ2) is 3.68. The fraction of sp³-hybridized carbons (Fsp3) is 0.625. The van der Waals surface area contributed by atoms with Crippen LogP contribution in [0.25, 0.3) is 0 Å². The summed E-state index contributed by atoms with van der Waals surface area (Å²) in [6, 6.07) is 2.24. The average Bonchev–Trinajstić information content (AvgIpc) is 2.12. The van der Waals surface area contributed by atoms with Crippen molar-refractivity contribution in [1.82, 2.24) is 5.32 Å². The number of nitrogens with one attached hydrogen (secondary N) is 1. The standard InChI is InChI=1S/C8H12N2S/c1-6-8(5-9)7(2)11-4-3-10-6/h7,10H,3-4H2,1-2H3. The maximum Gasteiger partial charge on any atom is 0.0976 e. The van der Waals surface area contributed by atoms with Crippen molar-refractivity contribution < 1.29 is 0 Å². The SMILES string of the molecule is CC1=C(C#N)C(C)SCCN1. The Kier molecular flexibility index (Phi) is 2.84. The number of nitriles is 1. The summed E-state index contributed by atoms with van der Waals surface area (Å²) in [5.74, 6) is 1.09. The molecule has 0 amide bonds. The Hall–Kier alpha value is -0.620. The Bertz CT molecular complexity index is 215. The Labute approximate surface area is 71.7 Å².